The van der Waals surface area contributed by atoms with Gasteiger partial charge >= 0.3 is 6.18 Å². The van der Waals surface area contributed by atoms with Crippen molar-refractivity contribution in [1.82, 2.24) is 5.32 Å². The summed E-state index contributed by atoms with van der Waals surface area (Å²) in [5, 5.41) is 3.02. The third kappa shape index (κ3) is 3.58. The largest absolute Gasteiger partial charge is 0.417 e. The molecule has 17 heavy (non-hydrogen) atoms. The third-order valence-electron chi connectivity index (χ3n) is 3.76. The molecule has 1 rings (SSSR count). The zero-order valence-corrected chi connectivity index (χ0v) is 10.6. The minimum atomic E-state index is -4.25. The number of hydrogen-bond acceptors (Lipinski definition) is 2. The topological polar surface area (TPSA) is 21.3 Å². The van der Waals surface area contributed by atoms with E-state index in [0.717, 1.165) is 25.8 Å². The van der Waals surface area contributed by atoms with E-state index < -0.39 is 11.8 Å². The Morgan fingerprint density at radius 1 is 1.41 bits per heavy atom. The van der Waals surface area contributed by atoms with Crippen molar-refractivity contribution in [2.45, 2.75) is 50.3 Å². The number of ether oxygens (including phenoxy) is 1. The van der Waals surface area contributed by atoms with Gasteiger partial charge in [-0.2, -0.15) is 13.2 Å². The molecule has 0 saturated heterocycles. The molecule has 0 radical (unpaired) electrons. The van der Waals surface area contributed by atoms with Crippen LogP contribution in [-0.2, 0) is 4.74 Å². The Morgan fingerprint density at radius 2 is 2.12 bits per heavy atom. The molecule has 0 aromatic heterocycles. The Labute approximate surface area is 101 Å². The summed E-state index contributed by atoms with van der Waals surface area (Å²) in [6.07, 6.45) is -0.737. The predicted octanol–water partition coefficient (Wildman–Crippen LogP) is 3.12. The fourth-order valence-electron chi connectivity index (χ4n) is 2.72. The second-order valence-corrected chi connectivity index (χ2v) is 4.90. The Hall–Kier alpha value is -0.290. The van der Waals surface area contributed by atoms with Crippen molar-refractivity contribution < 1.29 is 17.9 Å². The molecule has 1 saturated carbocycles. The number of methoxy groups -OCH3 is 1. The van der Waals surface area contributed by atoms with Gasteiger partial charge in [-0.15, -0.1) is 0 Å². The van der Waals surface area contributed by atoms with Gasteiger partial charge in [0.1, 0.15) is 0 Å². The normalized spacial score (nSPS) is 30.5. The number of alkyl halides is 3. The monoisotopic (exact) mass is 253 g/mol. The van der Waals surface area contributed by atoms with Crippen LogP contribution in [0.5, 0.6) is 0 Å². The van der Waals surface area contributed by atoms with Crippen molar-refractivity contribution in [2.75, 3.05) is 20.7 Å². The lowest BCUT2D eigenvalue weighted by molar-refractivity contribution is -0.284. The van der Waals surface area contributed by atoms with Gasteiger partial charge < -0.3 is 10.1 Å². The van der Waals surface area contributed by atoms with Crippen LogP contribution in [0.2, 0.25) is 0 Å². The zero-order valence-electron chi connectivity index (χ0n) is 10.6. The molecule has 5 heteroatoms. The van der Waals surface area contributed by atoms with Crippen molar-refractivity contribution in [3.8, 4) is 0 Å². The molecule has 1 N–H and O–H groups in total. The lowest BCUT2D eigenvalue weighted by atomic mass is 9.75. The number of halogens is 3. The summed E-state index contributed by atoms with van der Waals surface area (Å²) in [6, 6.07) is 0. The molecule has 102 valence electrons. The van der Waals surface area contributed by atoms with Gasteiger partial charge in [0.05, 0.1) is 0 Å². The quantitative estimate of drug-likeness (QED) is 0.760. The van der Waals surface area contributed by atoms with Crippen LogP contribution in [0.15, 0.2) is 0 Å². The Morgan fingerprint density at radius 3 is 2.65 bits per heavy atom. The molecule has 1 fully saturated rings. The summed E-state index contributed by atoms with van der Waals surface area (Å²) < 4.78 is 43.9. The molecule has 0 spiro atoms. The highest BCUT2D eigenvalue weighted by molar-refractivity contribution is 4.93. The highest BCUT2D eigenvalue weighted by Gasteiger charge is 2.56. The fourth-order valence-corrected chi connectivity index (χ4v) is 2.72. The lowest BCUT2D eigenvalue weighted by Crippen LogP contribution is -2.50. The van der Waals surface area contributed by atoms with E-state index >= 15 is 0 Å². The standard InChI is InChI=1S/C12H22F3NO/c1-16-8-4-6-10-5-3-7-11(9-10,17-2)12(13,14)15/h10,16H,3-9H2,1-2H3. The van der Waals surface area contributed by atoms with Crippen LogP contribution in [0.4, 0.5) is 13.2 Å². The van der Waals surface area contributed by atoms with Crippen LogP contribution in [0.1, 0.15) is 38.5 Å². The van der Waals surface area contributed by atoms with Crippen molar-refractivity contribution in [2.24, 2.45) is 5.92 Å². The first-order valence-corrected chi connectivity index (χ1v) is 6.21. The second kappa shape index (κ2) is 6.05. The van der Waals surface area contributed by atoms with Gasteiger partial charge in [0.15, 0.2) is 5.60 Å². The SMILES string of the molecule is CNCCCC1CCCC(OC)(C(F)(F)F)C1. The first-order chi connectivity index (χ1) is 7.95. The maximum absolute atomic E-state index is 13.0. The number of nitrogens with one attached hydrogen (secondary N) is 1. The van der Waals surface area contributed by atoms with E-state index in [1.165, 1.54) is 7.11 Å². The van der Waals surface area contributed by atoms with Crippen molar-refractivity contribution in [3.63, 3.8) is 0 Å². The van der Waals surface area contributed by atoms with Gasteiger partial charge in [0.2, 0.25) is 0 Å². The van der Waals surface area contributed by atoms with Crippen LogP contribution in [0.25, 0.3) is 0 Å². The van der Waals surface area contributed by atoms with Gasteiger partial charge in [0.25, 0.3) is 0 Å². The zero-order chi connectivity index (χ0) is 12.9. The minimum absolute atomic E-state index is 0.107. The van der Waals surface area contributed by atoms with Gasteiger partial charge in [-0.1, -0.05) is 6.42 Å². The molecule has 2 nitrogen and oxygen atoms in total. The van der Waals surface area contributed by atoms with Crippen molar-refractivity contribution in [1.29, 1.82) is 0 Å². The molecule has 2 atom stereocenters. The summed E-state index contributed by atoms with van der Waals surface area (Å²) in [5.74, 6) is 0.138. The average Bonchev–Trinajstić information content (AvgIpc) is 2.28. The molecule has 0 heterocycles. The van der Waals surface area contributed by atoms with E-state index in [1.807, 2.05) is 7.05 Å². The Kier molecular flexibility index (Phi) is 5.25. The Balaban J connectivity index is 2.57. The van der Waals surface area contributed by atoms with E-state index in [-0.39, 0.29) is 18.8 Å². The van der Waals surface area contributed by atoms with E-state index in [9.17, 15) is 13.2 Å². The fraction of sp³-hybridized carbons (Fsp3) is 1.00. The summed E-state index contributed by atoms with van der Waals surface area (Å²) in [6.45, 7) is 0.864. The molecular formula is C12H22F3NO. The molecule has 0 aromatic carbocycles. The summed E-state index contributed by atoms with van der Waals surface area (Å²) in [5.41, 5.74) is -1.89. The molecule has 0 amide bonds. The van der Waals surface area contributed by atoms with Crippen LogP contribution < -0.4 is 5.32 Å². The highest BCUT2D eigenvalue weighted by atomic mass is 19.4. The predicted molar refractivity (Wildman–Crippen MR) is 60.9 cm³/mol. The highest BCUT2D eigenvalue weighted by Crippen LogP contribution is 2.46. The summed E-state index contributed by atoms with van der Waals surface area (Å²) >= 11 is 0. The number of rotatable bonds is 5. The molecular weight excluding hydrogens is 231 g/mol. The van der Waals surface area contributed by atoms with E-state index in [2.05, 4.69) is 5.32 Å². The van der Waals surface area contributed by atoms with E-state index in [4.69, 9.17) is 4.74 Å². The number of hydrogen-bond donors (Lipinski definition) is 1. The van der Waals surface area contributed by atoms with Gasteiger partial charge in [-0.05, 0) is 51.6 Å². The molecule has 0 aromatic rings. The average molecular weight is 253 g/mol. The maximum Gasteiger partial charge on any atom is 0.417 e. The molecule has 0 bridgehead atoms. The van der Waals surface area contributed by atoms with Crippen LogP contribution in [0, 0.1) is 5.92 Å². The molecule has 1 aliphatic carbocycles. The van der Waals surface area contributed by atoms with Gasteiger partial charge in [0, 0.05) is 7.11 Å². The van der Waals surface area contributed by atoms with Gasteiger partial charge in [-0.25, -0.2) is 0 Å². The maximum atomic E-state index is 13.0. The Bertz CT molecular complexity index is 232. The third-order valence-corrected chi connectivity index (χ3v) is 3.76. The first kappa shape index (κ1) is 14.8. The van der Waals surface area contributed by atoms with Crippen molar-refractivity contribution in [3.05, 3.63) is 0 Å². The van der Waals surface area contributed by atoms with Crippen molar-refractivity contribution >= 4 is 0 Å². The summed E-state index contributed by atoms with van der Waals surface area (Å²) in [7, 11) is 3.04. The minimum Gasteiger partial charge on any atom is -0.369 e. The van der Waals surface area contributed by atoms with Crippen LogP contribution >= 0.6 is 0 Å². The van der Waals surface area contributed by atoms with Crippen LogP contribution in [-0.4, -0.2) is 32.5 Å². The lowest BCUT2D eigenvalue weighted by Gasteiger charge is -2.41. The summed E-state index contributed by atoms with van der Waals surface area (Å²) in [4.78, 5) is 0. The molecule has 1 aliphatic rings. The first-order valence-electron chi connectivity index (χ1n) is 6.21. The molecule has 2 unspecified atom stereocenters. The smallest absolute Gasteiger partial charge is 0.369 e. The van der Waals surface area contributed by atoms with Crippen LogP contribution in [0.3, 0.4) is 0 Å². The van der Waals surface area contributed by atoms with Gasteiger partial charge in [-0.3, -0.25) is 0 Å². The van der Waals surface area contributed by atoms with E-state index in [1.54, 1.807) is 0 Å². The second-order valence-electron chi connectivity index (χ2n) is 4.90. The van der Waals surface area contributed by atoms with E-state index in [0.29, 0.717) is 6.42 Å². The molecule has 0 aliphatic heterocycles.